The number of rotatable bonds is 7. The normalized spacial score (nSPS) is 16.2. The van der Waals surface area contributed by atoms with E-state index in [2.05, 4.69) is 10.1 Å². The zero-order chi connectivity index (χ0) is 21.6. The van der Waals surface area contributed by atoms with Crippen molar-refractivity contribution in [2.24, 2.45) is 0 Å². The molecular weight excluding hydrogens is 394 g/mol. The summed E-state index contributed by atoms with van der Waals surface area (Å²) < 4.78 is 16.4. The van der Waals surface area contributed by atoms with Crippen LogP contribution in [0.2, 0.25) is 0 Å². The maximum atomic E-state index is 13.1. The summed E-state index contributed by atoms with van der Waals surface area (Å²) in [5.41, 5.74) is 2.09. The van der Waals surface area contributed by atoms with Gasteiger partial charge in [0.2, 0.25) is 5.91 Å². The van der Waals surface area contributed by atoms with Gasteiger partial charge in [-0.2, -0.15) is 4.98 Å². The number of ether oxygens (including phenoxy) is 2. The molecule has 7 heteroatoms. The van der Waals surface area contributed by atoms with Gasteiger partial charge in [-0.1, -0.05) is 35.0 Å². The third-order valence-electron chi connectivity index (χ3n) is 5.48. The molecule has 0 spiro atoms. The van der Waals surface area contributed by atoms with Crippen LogP contribution in [-0.4, -0.2) is 34.6 Å². The van der Waals surface area contributed by atoms with Gasteiger partial charge in [-0.25, -0.2) is 0 Å². The van der Waals surface area contributed by atoms with Crippen LogP contribution in [0.4, 0.5) is 0 Å². The van der Waals surface area contributed by atoms with Crippen molar-refractivity contribution in [2.75, 3.05) is 13.7 Å². The fourth-order valence-corrected chi connectivity index (χ4v) is 3.80. The molecule has 2 heterocycles. The Kier molecular flexibility index (Phi) is 6.50. The van der Waals surface area contributed by atoms with E-state index in [1.807, 2.05) is 60.4 Å². The third kappa shape index (κ3) is 5.23. The van der Waals surface area contributed by atoms with Gasteiger partial charge in [0.05, 0.1) is 19.6 Å². The molecule has 2 aromatic carbocycles. The van der Waals surface area contributed by atoms with Crippen LogP contribution in [-0.2, 0) is 17.8 Å². The molecule has 0 aliphatic carbocycles. The molecule has 1 unspecified atom stereocenters. The molecule has 0 bridgehead atoms. The van der Waals surface area contributed by atoms with Crippen LogP contribution in [0.15, 0.2) is 53.1 Å². The molecule has 0 N–H and O–H groups in total. The number of amides is 1. The minimum Gasteiger partial charge on any atom is -0.497 e. The van der Waals surface area contributed by atoms with Crippen molar-refractivity contribution >= 4 is 5.91 Å². The molecule has 1 amide bonds. The fourth-order valence-electron chi connectivity index (χ4n) is 3.80. The van der Waals surface area contributed by atoms with E-state index in [0.717, 1.165) is 36.3 Å². The van der Waals surface area contributed by atoms with Gasteiger partial charge in [0.25, 0.3) is 5.89 Å². The number of benzene rings is 2. The van der Waals surface area contributed by atoms with Crippen molar-refractivity contribution in [3.05, 3.63) is 71.4 Å². The van der Waals surface area contributed by atoms with E-state index in [1.165, 1.54) is 5.56 Å². The minimum absolute atomic E-state index is 0.0557. The second-order valence-corrected chi connectivity index (χ2v) is 7.78. The second kappa shape index (κ2) is 9.64. The molecule has 1 fully saturated rings. The van der Waals surface area contributed by atoms with Gasteiger partial charge in [-0.15, -0.1) is 0 Å². The van der Waals surface area contributed by atoms with Crippen molar-refractivity contribution in [3.63, 3.8) is 0 Å². The topological polar surface area (TPSA) is 77.7 Å². The van der Waals surface area contributed by atoms with Crippen molar-refractivity contribution in [3.8, 4) is 11.5 Å². The quantitative estimate of drug-likeness (QED) is 0.567. The number of aromatic nitrogens is 2. The predicted molar refractivity (Wildman–Crippen MR) is 115 cm³/mol. The van der Waals surface area contributed by atoms with Crippen LogP contribution in [0, 0.1) is 6.92 Å². The number of carbonyl (C=O) groups excluding carboxylic acids is 1. The van der Waals surface area contributed by atoms with Gasteiger partial charge in [-0.3, -0.25) is 4.79 Å². The SMILES string of the molecule is COc1cccc(CC(=O)N2CCCCC2c2noc(COc3ccc(C)cc3)n2)c1. The van der Waals surface area contributed by atoms with Crippen LogP contribution in [0.3, 0.4) is 0 Å². The largest absolute Gasteiger partial charge is 0.497 e. The summed E-state index contributed by atoms with van der Waals surface area (Å²) in [4.78, 5) is 19.5. The highest BCUT2D eigenvalue weighted by atomic mass is 16.5. The molecule has 1 aliphatic rings. The highest BCUT2D eigenvalue weighted by molar-refractivity contribution is 5.79. The number of aryl methyl sites for hydroxylation is 1. The first-order chi connectivity index (χ1) is 15.1. The summed E-state index contributed by atoms with van der Waals surface area (Å²) >= 11 is 0. The Bertz CT molecular complexity index is 1020. The van der Waals surface area contributed by atoms with E-state index in [1.54, 1.807) is 7.11 Å². The molecular formula is C24H27N3O4. The Balaban J connectivity index is 1.42. The molecule has 1 atom stereocenters. The molecule has 1 saturated heterocycles. The first kappa shape index (κ1) is 20.9. The minimum atomic E-state index is -0.177. The van der Waals surface area contributed by atoms with E-state index in [4.69, 9.17) is 14.0 Å². The number of piperidine rings is 1. The molecule has 3 aromatic rings. The van der Waals surface area contributed by atoms with Crippen molar-refractivity contribution in [1.82, 2.24) is 15.0 Å². The number of nitrogens with zero attached hydrogens (tertiary/aromatic N) is 3. The molecule has 0 radical (unpaired) electrons. The van der Waals surface area contributed by atoms with Crippen molar-refractivity contribution < 1.29 is 18.8 Å². The van der Waals surface area contributed by atoms with Crippen LogP contribution >= 0.6 is 0 Å². The average molecular weight is 421 g/mol. The zero-order valence-electron chi connectivity index (χ0n) is 17.9. The van der Waals surface area contributed by atoms with Crippen LogP contribution in [0.5, 0.6) is 11.5 Å². The van der Waals surface area contributed by atoms with Gasteiger partial charge >= 0.3 is 0 Å². The first-order valence-electron chi connectivity index (χ1n) is 10.6. The average Bonchev–Trinajstić information content (AvgIpc) is 3.28. The summed E-state index contributed by atoms with van der Waals surface area (Å²) in [5.74, 6) is 2.50. The smallest absolute Gasteiger partial charge is 0.264 e. The standard InChI is InChI=1S/C24H27N3O4/c1-17-9-11-19(12-10-17)30-16-22-25-24(26-31-22)21-8-3-4-13-27(21)23(28)15-18-6-5-7-20(14-18)29-2/h5-7,9-12,14,21H,3-4,8,13,15-16H2,1-2H3. The molecule has 31 heavy (non-hydrogen) atoms. The van der Waals surface area contributed by atoms with Gasteiger partial charge in [0.15, 0.2) is 12.4 Å². The Labute approximate surface area is 182 Å². The Hall–Kier alpha value is -3.35. The highest BCUT2D eigenvalue weighted by Crippen LogP contribution is 2.30. The molecule has 1 aliphatic heterocycles. The fraction of sp³-hybridized carbons (Fsp3) is 0.375. The summed E-state index contributed by atoms with van der Waals surface area (Å²) in [6.07, 6.45) is 3.13. The Morgan fingerprint density at radius 3 is 2.81 bits per heavy atom. The molecule has 4 rings (SSSR count). The number of methoxy groups -OCH3 is 1. The summed E-state index contributed by atoms with van der Waals surface area (Å²) in [6.45, 7) is 2.91. The lowest BCUT2D eigenvalue weighted by Crippen LogP contribution is -2.39. The first-order valence-corrected chi connectivity index (χ1v) is 10.6. The highest BCUT2D eigenvalue weighted by Gasteiger charge is 2.31. The van der Waals surface area contributed by atoms with E-state index in [9.17, 15) is 4.79 Å². The lowest BCUT2D eigenvalue weighted by molar-refractivity contribution is -0.134. The second-order valence-electron chi connectivity index (χ2n) is 7.78. The number of hydrogen-bond donors (Lipinski definition) is 0. The predicted octanol–water partition coefficient (Wildman–Crippen LogP) is 4.26. The van der Waals surface area contributed by atoms with Crippen LogP contribution < -0.4 is 9.47 Å². The number of carbonyl (C=O) groups is 1. The number of hydrogen-bond acceptors (Lipinski definition) is 6. The molecule has 0 saturated carbocycles. The lowest BCUT2D eigenvalue weighted by Gasteiger charge is -2.34. The van der Waals surface area contributed by atoms with Gasteiger partial charge in [-0.05, 0) is 56.0 Å². The van der Waals surface area contributed by atoms with Gasteiger partial charge in [0.1, 0.15) is 11.5 Å². The maximum absolute atomic E-state index is 13.1. The maximum Gasteiger partial charge on any atom is 0.264 e. The van der Waals surface area contributed by atoms with E-state index in [-0.39, 0.29) is 18.6 Å². The Morgan fingerprint density at radius 1 is 1.16 bits per heavy atom. The van der Waals surface area contributed by atoms with Crippen molar-refractivity contribution in [1.29, 1.82) is 0 Å². The van der Waals surface area contributed by atoms with Crippen LogP contribution in [0.1, 0.15) is 48.1 Å². The molecule has 1 aromatic heterocycles. The van der Waals surface area contributed by atoms with Crippen LogP contribution in [0.25, 0.3) is 0 Å². The van der Waals surface area contributed by atoms with Gasteiger partial charge in [0, 0.05) is 6.54 Å². The van der Waals surface area contributed by atoms with E-state index in [0.29, 0.717) is 24.7 Å². The Morgan fingerprint density at radius 2 is 2.00 bits per heavy atom. The van der Waals surface area contributed by atoms with Crippen molar-refractivity contribution in [2.45, 2.75) is 45.3 Å². The third-order valence-corrected chi connectivity index (χ3v) is 5.48. The summed E-state index contributed by atoms with van der Waals surface area (Å²) in [5, 5.41) is 4.15. The lowest BCUT2D eigenvalue weighted by atomic mass is 10.00. The number of likely N-dealkylation sites (tertiary alicyclic amines) is 1. The van der Waals surface area contributed by atoms with E-state index >= 15 is 0 Å². The van der Waals surface area contributed by atoms with Gasteiger partial charge < -0.3 is 18.9 Å². The monoisotopic (exact) mass is 421 g/mol. The zero-order valence-corrected chi connectivity index (χ0v) is 17.9. The van der Waals surface area contributed by atoms with E-state index < -0.39 is 0 Å². The summed E-state index contributed by atoms with van der Waals surface area (Å²) in [6, 6.07) is 15.2. The molecule has 7 nitrogen and oxygen atoms in total. The molecule has 162 valence electrons. The summed E-state index contributed by atoms with van der Waals surface area (Å²) in [7, 11) is 1.62.